The minimum atomic E-state index is 0. The lowest BCUT2D eigenvalue weighted by molar-refractivity contribution is -0.132. The van der Waals surface area contributed by atoms with Crippen LogP contribution in [0.1, 0.15) is 41.0 Å². The fourth-order valence-electron chi connectivity index (χ4n) is 3.41. The summed E-state index contributed by atoms with van der Waals surface area (Å²) in [6.07, 6.45) is 1.07. The van der Waals surface area contributed by atoms with Crippen LogP contribution in [-0.4, -0.2) is 29.9 Å². The topological polar surface area (TPSA) is 46.3 Å². The van der Waals surface area contributed by atoms with Crippen molar-refractivity contribution >= 4 is 18.3 Å². The van der Waals surface area contributed by atoms with Crippen molar-refractivity contribution in [3.8, 4) is 0 Å². The first kappa shape index (κ1) is 15.8. The highest BCUT2D eigenvalue weighted by molar-refractivity contribution is 5.85. The summed E-state index contributed by atoms with van der Waals surface area (Å²) < 4.78 is 0. The summed E-state index contributed by atoms with van der Waals surface area (Å²) in [4.78, 5) is 14.5. The second-order valence-electron chi connectivity index (χ2n) is 7.07. The molecule has 0 aromatic carbocycles. The molecule has 1 saturated carbocycles. The zero-order valence-corrected chi connectivity index (χ0v) is 13.0. The van der Waals surface area contributed by atoms with Crippen molar-refractivity contribution in [2.45, 2.75) is 47.1 Å². The van der Waals surface area contributed by atoms with Gasteiger partial charge in [-0.3, -0.25) is 4.79 Å². The molecule has 0 aromatic rings. The van der Waals surface area contributed by atoms with E-state index in [0.717, 1.165) is 19.5 Å². The van der Waals surface area contributed by atoms with Crippen LogP contribution in [0.2, 0.25) is 0 Å². The maximum absolute atomic E-state index is 12.5. The maximum atomic E-state index is 12.5. The molecule has 106 valence electrons. The van der Waals surface area contributed by atoms with E-state index in [1.165, 1.54) is 0 Å². The minimum absolute atomic E-state index is 0. The highest BCUT2D eigenvalue weighted by Crippen LogP contribution is 2.68. The molecule has 2 rings (SSSR count). The zero-order valence-electron chi connectivity index (χ0n) is 12.2. The number of rotatable bonds is 2. The van der Waals surface area contributed by atoms with E-state index in [4.69, 9.17) is 5.73 Å². The van der Waals surface area contributed by atoms with Gasteiger partial charge in [0.2, 0.25) is 5.91 Å². The van der Waals surface area contributed by atoms with Gasteiger partial charge in [0.05, 0.1) is 0 Å². The van der Waals surface area contributed by atoms with E-state index >= 15 is 0 Å². The molecule has 18 heavy (non-hydrogen) atoms. The first-order valence-corrected chi connectivity index (χ1v) is 6.74. The van der Waals surface area contributed by atoms with Crippen molar-refractivity contribution < 1.29 is 4.79 Å². The molecular formula is C14H27ClN2O. The molecular weight excluding hydrogens is 248 g/mol. The molecule has 1 heterocycles. The molecule has 1 aliphatic carbocycles. The average molecular weight is 275 g/mol. The first-order chi connectivity index (χ1) is 7.69. The van der Waals surface area contributed by atoms with Crippen LogP contribution in [-0.2, 0) is 4.79 Å². The highest BCUT2D eigenvalue weighted by Gasteiger charge is 2.68. The molecule has 2 unspecified atom stereocenters. The number of nitrogens with two attached hydrogens (primary N) is 1. The van der Waals surface area contributed by atoms with Crippen LogP contribution in [0.5, 0.6) is 0 Å². The monoisotopic (exact) mass is 274 g/mol. The van der Waals surface area contributed by atoms with Gasteiger partial charge in [-0.05, 0) is 30.1 Å². The summed E-state index contributed by atoms with van der Waals surface area (Å²) in [7, 11) is 0. The van der Waals surface area contributed by atoms with Crippen molar-refractivity contribution in [1.29, 1.82) is 0 Å². The largest absolute Gasteiger partial charge is 0.342 e. The van der Waals surface area contributed by atoms with Crippen molar-refractivity contribution in [2.75, 3.05) is 13.1 Å². The summed E-state index contributed by atoms with van der Waals surface area (Å²) in [5.41, 5.74) is 6.22. The van der Waals surface area contributed by atoms with Crippen molar-refractivity contribution in [2.24, 2.45) is 28.4 Å². The lowest BCUT2D eigenvalue weighted by Gasteiger charge is -2.19. The second-order valence-corrected chi connectivity index (χ2v) is 7.07. The summed E-state index contributed by atoms with van der Waals surface area (Å²) in [5.74, 6) is 1.04. The molecule has 1 aliphatic heterocycles. The van der Waals surface area contributed by atoms with Crippen LogP contribution < -0.4 is 5.73 Å². The Morgan fingerprint density at radius 2 is 1.78 bits per heavy atom. The molecule has 2 aliphatic rings. The SMILES string of the molecule is CC(N)C1CCN(C(=O)C2C(C)(C)C2(C)C)C1.Cl. The number of carbonyl (C=O) groups excluding carboxylic acids is 1. The molecule has 1 saturated heterocycles. The molecule has 0 spiro atoms. The molecule has 1 amide bonds. The standard InChI is InChI=1S/C14H26N2O.ClH/c1-9(15)10-6-7-16(8-10)12(17)11-13(2,3)14(11,4)5;/h9-11H,6-8,15H2,1-5H3;1H. The van der Waals surface area contributed by atoms with Gasteiger partial charge in [0, 0.05) is 25.0 Å². The van der Waals surface area contributed by atoms with E-state index in [0.29, 0.717) is 11.8 Å². The van der Waals surface area contributed by atoms with Crippen molar-refractivity contribution in [3.05, 3.63) is 0 Å². The van der Waals surface area contributed by atoms with Gasteiger partial charge in [-0.15, -0.1) is 12.4 Å². The number of likely N-dealkylation sites (tertiary alicyclic amines) is 1. The Morgan fingerprint density at radius 1 is 1.28 bits per heavy atom. The van der Waals surface area contributed by atoms with Crippen LogP contribution in [0.15, 0.2) is 0 Å². The molecule has 2 atom stereocenters. The minimum Gasteiger partial charge on any atom is -0.342 e. The Bertz CT molecular complexity index is 325. The van der Waals surface area contributed by atoms with Crippen molar-refractivity contribution in [1.82, 2.24) is 4.90 Å². The molecule has 2 fully saturated rings. The van der Waals surface area contributed by atoms with E-state index in [1.54, 1.807) is 0 Å². The van der Waals surface area contributed by atoms with E-state index in [-0.39, 0.29) is 35.2 Å². The maximum Gasteiger partial charge on any atom is 0.226 e. The number of nitrogens with zero attached hydrogens (tertiary/aromatic N) is 1. The predicted octanol–water partition coefficient (Wildman–Crippen LogP) is 2.29. The third-order valence-electron chi connectivity index (χ3n) is 5.55. The lowest BCUT2D eigenvalue weighted by atomic mass is 10.0. The van der Waals surface area contributed by atoms with Gasteiger partial charge in [-0.1, -0.05) is 27.7 Å². The van der Waals surface area contributed by atoms with Gasteiger partial charge in [0.15, 0.2) is 0 Å². The molecule has 3 nitrogen and oxygen atoms in total. The summed E-state index contributed by atoms with van der Waals surface area (Å²) in [6, 6.07) is 0.202. The number of amides is 1. The normalized spacial score (nSPS) is 30.8. The van der Waals surface area contributed by atoms with Gasteiger partial charge in [-0.2, -0.15) is 0 Å². The van der Waals surface area contributed by atoms with Crippen LogP contribution in [0, 0.1) is 22.7 Å². The fraction of sp³-hybridized carbons (Fsp3) is 0.929. The molecule has 0 aromatic heterocycles. The Hall–Kier alpha value is -0.280. The third-order valence-corrected chi connectivity index (χ3v) is 5.55. The second kappa shape index (κ2) is 4.68. The zero-order chi connectivity index (χ0) is 13.0. The first-order valence-electron chi connectivity index (χ1n) is 6.74. The summed E-state index contributed by atoms with van der Waals surface area (Å²) in [5, 5.41) is 0. The average Bonchev–Trinajstić information content (AvgIpc) is 2.57. The van der Waals surface area contributed by atoms with Gasteiger partial charge in [0.1, 0.15) is 0 Å². The van der Waals surface area contributed by atoms with Crippen LogP contribution in [0.3, 0.4) is 0 Å². The van der Waals surface area contributed by atoms with Crippen molar-refractivity contribution in [3.63, 3.8) is 0 Å². The highest BCUT2D eigenvalue weighted by atomic mass is 35.5. The summed E-state index contributed by atoms with van der Waals surface area (Å²) in [6.45, 7) is 12.6. The Labute approximate surface area is 117 Å². The smallest absolute Gasteiger partial charge is 0.226 e. The number of halogens is 1. The van der Waals surface area contributed by atoms with E-state index in [2.05, 4.69) is 27.7 Å². The summed E-state index contributed by atoms with van der Waals surface area (Å²) >= 11 is 0. The molecule has 4 heteroatoms. The Balaban J connectivity index is 0.00000162. The van der Waals surface area contributed by atoms with Crippen LogP contribution >= 0.6 is 12.4 Å². The van der Waals surface area contributed by atoms with Gasteiger partial charge < -0.3 is 10.6 Å². The van der Waals surface area contributed by atoms with Gasteiger partial charge >= 0.3 is 0 Å². The predicted molar refractivity (Wildman–Crippen MR) is 76.6 cm³/mol. The van der Waals surface area contributed by atoms with E-state index in [1.807, 2.05) is 11.8 Å². The third kappa shape index (κ3) is 2.16. The molecule has 0 radical (unpaired) electrons. The molecule has 2 N–H and O–H groups in total. The van der Waals surface area contributed by atoms with Gasteiger partial charge in [-0.25, -0.2) is 0 Å². The Morgan fingerprint density at radius 3 is 2.11 bits per heavy atom. The van der Waals surface area contributed by atoms with E-state index < -0.39 is 0 Å². The van der Waals surface area contributed by atoms with Gasteiger partial charge in [0.25, 0.3) is 0 Å². The van der Waals surface area contributed by atoms with E-state index in [9.17, 15) is 4.79 Å². The fourth-order valence-corrected chi connectivity index (χ4v) is 3.41. The number of hydrogen-bond donors (Lipinski definition) is 1. The number of hydrogen-bond acceptors (Lipinski definition) is 2. The van der Waals surface area contributed by atoms with Crippen LogP contribution in [0.4, 0.5) is 0 Å². The lowest BCUT2D eigenvalue weighted by Crippen LogP contribution is -2.34. The number of carbonyl (C=O) groups is 1. The van der Waals surface area contributed by atoms with Crippen LogP contribution in [0.25, 0.3) is 0 Å². The Kier molecular flexibility index (Phi) is 4.10. The quantitative estimate of drug-likeness (QED) is 0.840. The molecule has 0 bridgehead atoms.